The number of rotatable bonds is 3. The number of nitrogens with zero attached hydrogens (tertiary/aromatic N) is 1. The Kier molecular flexibility index (Phi) is 3.34. The van der Waals surface area contributed by atoms with Crippen LogP contribution in [0.3, 0.4) is 0 Å². The predicted octanol–water partition coefficient (Wildman–Crippen LogP) is 0.544. The largest absolute Gasteiger partial charge is 0.481 e. The molecular weight excluding hydrogens is 232 g/mol. The van der Waals surface area contributed by atoms with Gasteiger partial charge in [0.15, 0.2) is 0 Å². The second kappa shape index (κ2) is 4.78. The maximum atomic E-state index is 11.3. The molecule has 0 spiro atoms. The number of carbonyl (C=O) groups excluding carboxylic acids is 1. The Balaban J connectivity index is 2.34. The van der Waals surface area contributed by atoms with Gasteiger partial charge < -0.3 is 10.8 Å². The van der Waals surface area contributed by atoms with Crippen LogP contribution in [0.2, 0.25) is 0 Å². The number of primary amides is 1. The third kappa shape index (κ3) is 2.22. The van der Waals surface area contributed by atoms with Crippen LogP contribution in [0, 0.1) is 0 Å². The van der Waals surface area contributed by atoms with Gasteiger partial charge in [0, 0.05) is 13.1 Å². The molecule has 5 heteroatoms. The number of fused-ring (bicyclic) bond motifs is 1. The Morgan fingerprint density at radius 2 is 2.11 bits per heavy atom. The van der Waals surface area contributed by atoms with Crippen molar-refractivity contribution in [3.8, 4) is 0 Å². The molecule has 1 heterocycles. The standard InChI is InChI=1S/C13H16N2O3/c1-8(12(14)16)15-6-9-4-2-3-5-10(9)11(7-15)13(17)18/h2-5,8,11H,6-7H2,1H3,(H2,14,16)(H,17,18). The first kappa shape index (κ1) is 12.6. The van der Waals surface area contributed by atoms with Crippen LogP contribution >= 0.6 is 0 Å². The summed E-state index contributed by atoms with van der Waals surface area (Å²) in [7, 11) is 0. The Labute approximate surface area is 105 Å². The molecule has 18 heavy (non-hydrogen) atoms. The van der Waals surface area contributed by atoms with Gasteiger partial charge in [-0.05, 0) is 18.1 Å². The molecule has 1 aromatic carbocycles. The van der Waals surface area contributed by atoms with E-state index in [0.717, 1.165) is 11.1 Å². The van der Waals surface area contributed by atoms with Crippen molar-refractivity contribution in [3.63, 3.8) is 0 Å². The molecule has 0 saturated heterocycles. The van der Waals surface area contributed by atoms with Gasteiger partial charge in [-0.2, -0.15) is 0 Å². The molecule has 1 aliphatic heterocycles. The molecule has 5 nitrogen and oxygen atoms in total. The first-order valence-corrected chi connectivity index (χ1v) is 5.84. The highest BCUT2D eigenvalue weighted by Gasteiger charge is 2.33. The highest BCUT2D eigenvalue weighted by atomic mass is 16.4. The van der Waals surface area contributed by atoms with E-state index in [1.165, 1.54) is 0 Å². The van der Waals surface area contributed by atoms with Gasteiger partial charge in [0.1, 0.15) is 0 Å². The van der Waals surface area contributed by atoms with Crippen molar-refractivity contribution in [2.45, 2.75) is 25.4 Å². The quantitative estimate of drug-likeness (QED) is 0.818. The molecule has 0 aromatic heterocycles. The molecule has 96 valence electrons. The molecule has 0 aliphatic carbocycles. The zero-order chi connectivity index (χ0) is 13.3. The van der Waals surface area contributed by atoms with Gasteiger partial charge in [0.2, 0.25) is 5.91 Å². The fraction of sp³-hybridized carbons (Fsp3) is 0.385. The minimum absolute atomic E-state index is 0.316. The van der Waals surface area contributed by atoms with Crippen LogP contribution in [0.5, 0.6) is 0 Å². The average molecular weight is 248 g/mol. The molecule has 0 radical (unpaired) electrons. The van der Waals surface area contributed by atoms with E-state index in [1.807, 2.05) is 29.2 Å². The van der Waals surface area contributed by atoms with Crippen molar-refractivity contribution in [1.29, 1.82) is 0 Å². The van der Waals surface area contributed by atoms with Crippen LogP contribution in [-0.4, -0.2) is 34.5 Å². The first-order chi connectivity index (χ1) is 8.50. The maximum Gasteiger partial charge on any atom is 0.312 e. The van der Waals surface area contributed by atoms with Crippen LogP contribution in [0.4, 0.5) is 0 Å². The van der Waals surface area contributed by atoms with Gasteiger partial charge in [0.05, 0.1) is 12.0 Å². The van der Waals surface area contributed by atoms with Crippen molar-refractivity contribution in [3.05, 3.63) is 35.4 Å². The molecule has 2 rings (SSSR count). The highest BCUT2D eigenvalue weighted by molar-refractivity contribution is 5.80. The van der Waals surface area contributed by atoms with E-state index >= 15 is 0 Å². The van der Waals surface area contributed by atoms with Gasteiger partial charge >= 0.3 is 5.97 Å². The monoisotopic (exact) mass is 248 g/mol. The van der Waals surface area contributed by atoms with Crippen LogP contribution in [0.25, 0.3) is 0 Å². The van der Waals surface area contributed by atoms with E-state index in [-0.39, 0.29) is 0 Å². The fourth-order valence-electron chi connectivity index (χ4n) is 2.32. The summed E-state index contributed by atoms with van der Waals surface area (Å²) in [4.78, 5) is 24.3. The lowest BCUT2D eigenvalue weighted by atomic mass is 9.89. The number of carbonyl (C=O) groups is 2. The number of nitrogens with two attached hydrogens (primary N) is 1. The third-order valence-electron chi connectivity index (χ3n) is 3.48. The van der Waals surface area contributed by atoms with Gasteiger partial charge in [-0.3, -0.25) is 14.5 Å². The minimum Gasteiger partial charge on any atom is -0.481 e. The molecule has 3 N–H and O–H groups in total. The van der Waals surface area contributed by atoms with E-state index in [1.54, 1.807) is 6.92 Å². The lowest BCUT2D eigenvalue weighted by Crippen LogP contribution is -2.47. The fourth-order valence-corrected chi connectivity index (χ4v) is 2.32. The van der Waals surface area contributed by atoms with Crippen molar-refractivity contribution < 1.29 is 14.7 Å². The second-order valence-electron chi connectivity index (χ2n) is 4.60. The van der Waals surface area contributed by atoms with Gasteiger partial charge in [-0.1, -0.05) is 24.3 Å². The summed E-state index contributed by atoms with van der Waals surface area (Å²) in [5.74, 6) is -1.90. The summed E-state index contributed by atoms with van der Waals surface area (Å²) < 4.78 is 0. The third-order valence-corrected chi connectivity index (χ3v) is 3.48. The second-order valence-corrected chi connectivity index (χ2v) is 4.60. The van der Waals surface area contributed by atoms with Gasteiger partial charge in [-0.15, -0.1) is 0 Å². The van der Waals surface area contributed by atoms with Crippen molar-refractivity contribution in [1.82, 2.24) is 4.90 Å². The zero-order valence-corrected chi connectivity index (χ0v) is 10.2. The Morgan fingerprint density at radius 1 is 1.44 bits per heavy atom. The summed E-state index contributed by atoms with van der Waals surface area (Å²) in [6.07, 6.45) is 0. The Morgan fingerprint density at radius 3 is 2.72 bits per heavy atom. The summed E-state index contributed by atoms with van der Waals surface area (Å²) >= 11 is 0. The molecule has 2 unspecified atom stereocenters. The molecular formula is C13H16N2O3. The molecule has 0 saturated carbocycles. The van der Waals surface area contributed by atoms with Crippen LogP contribution in [-0.2, 0) is 16.1 Å². The number of amides is 1. The van der Waals surface area contributed by atoms with Crippen molar-refractivity contribution in [2.75, 3.05) is 6.54 Å². The molecule has 1 aliphatic rings. The van der Waals surface area contributed by atoms with E-state index in [9.17, 15) is 14.7 Å². The number of carboxylic acid groups (broad SMARTS) is 1. The van der Waals surface area contributed by atoms with Gasteiger partial charge in [0.25, 0.3) is 0 Å². The SMILES string of the molecule is CC(C(N)=O)N1Cc2ccccc2C(C(=O)O)C1. The predicted molar refractivity (Wildman–Crippen MR) is 65.9 cm³/mol. The summed E-state index contributed by atoms with van der Waals surface area (Å²) in [6.45, 7) is 2.58. The molecule has 2 atom stereocenters. The van der Waals surface area contributed by atoms with Gasteiger partial charge in [-0.25, -0.2) is 0 Å². The van der Waals surface area contributed by atoms with Crippen molar-refractivity contribution in [2.24, 2.45) is 5.73 Å². The zero-order valence-electron chi connectivity index (χ0n) is 10.2. The number of aliphatic carboxylic acids is 1. The molecule has 1 amide bonds. The first-order valence-electron chi connectivity index (χ1n) is 5.84. The lowest BCUT2D eigenvalue weighted by Gasteiger charge is -2.35. The van der Waals surface area contributed by atoms with E-state index < -0.39 is 23.8 Å². The van der Waals surface area contributed by atoms with E-state index in [4.69, 9.17) is 5.73 Å². The minimum atomic E-state index is -0.871. The topological polar surface area (TPSA) is 83.6 Å². The Hall–Kier alpha value is -1.88. The normalized spacial score (nSPS) is 21.1. The van der Waals surface area contributed by atoms with Crippen LogP contribution < -0.4 is 5.73 Å². The highest BCUT2D eigenvalue weighted by Crippen LogP contribution is 2.29. The Bertz CT molecular complexity index is 487. The van der Waals surface area contributed by atoms with Crippen LogP contribution in [0.15, 0.2) is 24.3 Å². The number of benzene rings is 1. The van der Waals surface area contributed by atoms with E-state index in [2.05, 4.69) is 0 Å². The van der Waals surface area contributed by atoms with Crippen molar-refractivity contribution >= 4 is 11.9 Å². The van der Waals surface area contributed by atoms with E-state index in [0.29, 0.717) is 13.1 Å². The van der Waals surface area contributed by atoms with Crippen LogP contribution in [0.1, 0.15) is 24.0 Å². The molecule has 0 fully saturated rings. The average Bonchev–Trinajstić information content (AvgIpc) is 2.36. The maximum absolute atomic E-state index is 11.3. The number of hydrogen-bond acceptors (Lipinski definition) is 3. The molecule has 1 aromatic rings. The lowest BCUT2D eigenvalue weighted by molar-refractivity contribution is -0.140. The number of hydrogen-bond donors (Lipinski definition) is 2. The summed E-state index contributed by atoms with van der Waals surface area (Å²) in [5, 5.41) is 9.28. The molecule has 0 bridgehead atoms. The number of carboxylic acids is 1. The summed E-state index contributed by atoms with van der Waals surface area (Å²) in [6, 6.07) is 6.98. The smallest absolute Gasteiger partial charge is 0.312 e. The summed E-state index contributed by atoms with van der Waals surface area (Å²) in [5.41, 5.74) is 7.06.